The maximum Gasteiger partial charge on any atom is 0.231 e. The standard InChI is InChI=1S/C13H14N4OS/c1-9-3-2-4-14-12(9)16-11(18)7-10-8-19-13-15-5-6-17(10)13/h2-4,8H,5-7H2,1H3,(H,14,16,18). The number of hydrogen-bond acceptors (Lipinski definition) is 5. The zero-order valence-electron chi connectivity index (χ0n) is 10.6. The third-order valence-corrected chi connectivity index (χ3v) is 4.01. The van der Waals surface area contributed by atoms with E-state index in [-0.39, 0.29) is 5.91 Å². The zero-order chi connectivity index (χ0) is 13.2. The molecule has 0 fully saturated rings. The highest BCUT2D eigenvalue weighted by atomic mass is 32.2. The van der Waals surface area contributed by atoms with Gasteiger partial charge in [0.15, 0.2) is 5.17 Å². The molecule has 6 heteroatoms. The van der Waals surface area contributed by atoms with Crippen LogP contribution in [0.3, 0.4) is 0 Å². The molecule has 98 valence electrons. The van der Waals surface area contributed by atoms with Gasteiger partial charge >= 0.3 is 0 Å². The minimum absolute atomic E-state index is 0.0400. The van der Waals surface area contributed by atoms with Gasteiger partial charge in [-0.1, -0.05) is 17.8 Å². The van der Waals surface area contributed by atoms with Crippen LogP contribution in [0.25, 0.3) is 0 Å². The fourth-order valence-electron chi connectivity index (χ4n) is 2.07. The summed E-state index contributed by atoms with van der Waals surface area (Å²) in [6.07, 6.45) is 2.04. The summed E-state index contributed by atoms with van der Waals surface area (Å²) in [4.78, 5) is 22.7. The largest absolute Gasteiger partial charge is 0.322 e. The number of fused-ring (bicyclic) bond motifs is 1. The normalized spacial score (nSPS) is 17.0. The molecule has 0 radical (unpaired) electrons. The van der Waals surface area contributed by atoms with Crippen LogP contribution in [0.2, 0.25) is 0 Å². The SMILES string of the molecule is Cc1cccnc1NC(=O)CC1=CSC2=NCCN12. The number of amides is 1. The maximum absolute atomic E-state index is 12.0. The number of anilines is 1. The van der Waals surface area contributed by atoms with E-state index >= 15 is 0 Å². The van der Waals surface area contributed by atoms with Crippen LogP contribution >= 0.6 is 11.8 Å². The third-order valence-electron chi connectivity index (χ3n) is 3.06. The average molecular weight is 274 g/mol. The van der Waals surface area contributed by atoms with Crippen molar-refractivity contribution in [3.8, 4) is 0 Å². The number of thioether (sulfide) groups is 1. The van der Waals surface area contributed by atoms with Crippen molar-refractivity contribution < 1.29 is 4.79 Å². The second-order valence-corrected chi connectivity index (χ2v) is 5.27. The molecule has 2 aliphatic rings. The van der Waals surface area contributed by atoms with Gasteiger partial charge in [-0.05, 0) is 24.0 Å². The fraction of sp³-hybridized carbons (Fsp3) is 0.308. The molecule has 0 saturated carbocycles. The summed E-state index contributed by atoms with van der Waals surface area (Å²) in [6.45, 7) is 3.63. The Morgan fingerprint density at radius 3 is 3.32 bits per heavy atom. The summed E-state index contributed by atoms with van der Waals surface area (Å²) < 4.78 is 0. The second kappa shape index (κ2) is 5.05. The summed E-state index contributed by atoms with van der Waals surface area (Å²) in [7, 11) is 0. The Balaban J connectivity index is 1.64. The number of aryl methyl sites for hydroxylation is 1. The molecule has 5 nitrogen and oxygen atoms in total. The lowest BCUT2D eigenvalue weighted by molar-refractivity contribution is -0.115. The van der Waals surface area contributed by atoms with Crippen LogP contribution in [-0.2, 0) is 4.79 Å². The Hall–Kier alpha value is -1.82. The molecule has 2 aliphatic heterocycles. The van der Waals surface area contributed by atoms with E-state index in [9.17, 15) is 4.79 Å². The van der Waals surface area contributed by atoms with Crippen LogP contribution in [0.5, 0.6) is 0 Å². The summed E-state index contributed by atoms with van der Waals surface area (Å²) in [5.41, 5.74) is 1.99. The van der Waals surface area contributed by atoms with Crippen LogP contribution in [-0.4, -0.2) is 34.0 Å². The third kappa shape index (κ3) is 2.49. The average Bonchev–Trinajstić information content (AvgIpc) is 2.97. The number of nitrogens with one attached hydrogen (secondary N) is 1. The van der Waals surface area contributed by atoms with Crippen molar-refractivity contribution in [1.82, 2.24) is 9.88 Å². The van der Waals surface area contributed by atoms with E-state index in [1.54, 1.807) is 18.0 Å². The molecule has 1 N–H and O–H groups in total. The van der Waals surface area contributed by atoms with Crippen molar-refractivity contribution in [2.45, 2.75) is 13.3 Å². The molecule has 3 rings (SSSR count). The predicted octanol–water partition coefficient (Wildman–Crippen LogP) is 1.98. The van der Waals surface area contributed by atoms with Crippen molar-refractivity contribution in [1.29, 1.82) is 0 Å². The number of aromatic nitrogens is 1. The van der Waals surface area contributed by atoms with Crippen LogP contribution in [0.4, 0.5) is 5.82 Å². The van der Waals surface area contributed by atoms with Crippen molar-refractivity contribution >= 4 is 28.7 Å². The van der Waals surface area contributed by atoms with E-state index < -0.39 is 0 Å². The van der Waals surface area contributed by atoms with Crippen molar-refractivity contribution in [3.63, 3.8) is 0 Å². The van der Waals surface area contributed by atoms with Gasteiger partial charge in [0.1, 0.15) is 5.82 Å². The monoisotopic (exact) mass is 274 g/mol. The van der Waals surface area contributed by atoms with E-state index in [4.69, 9.17) is 0 Å². The van der Waals surface area contributed by atoms with Gasteiger partial charge in [-0.2, -0.15) is 0 Å². The zero-order valence-corrected chi connectivity index (χ0v) is 11.4. The molecule has 19 heavy (non-hydrogen) atoms. The molecule has 0 unspecified atom stereocenters. The van der Waals surface area contributed by atoms with Gasteiger partial charge in [-0.15, -0.1) is 0 Å². The number of nitrogens with zero attached hydrogens (tertiary/aromatic N) is 3. The molecule has 1 aromatic rings. The summed E-state index contributed by atoms with van der Waals surface area (Å²) >= 11 is 1.59. The Morgan fingerprint density at radius 2 is 2.47 bits per heavy atom. The van der Waals surface area contributed by atoms with Crippen LogP contribution in [0.1, 0.15) is 12.0 Å². The summed E-state index contributed by atoms with van der Waals surface area (Å²) in [6, 6.07) is 3.78. The minimum atomic E-state index is -0.0400. The topological polar surface area (TPSA) is 57.6 Å². The van der Waals surface area contributed by atoms with Crippen molar-refractivity contribution in [3.05, 3.63) is 35.0 Å². The Bertz CT molecular complexity index is 582. The smallest absolute Gasteiger partial charge is 0.231 e. The van der Waals surface area contributed by atoms with E-state index in [0.717, 1.165) is 29.5 Å². The number of carbonyl (C=O) groups is 1. The first-order chi connectivity index (χ1) is 9.24. The molecule has 0 saturated heterocycles. The minimum Gasteiger partial charge on any atom is -0.322 e. The molecular formula is C13H14N4OS. The first-order valence-corrected chi connectivity index (χ1v) is 7.01. The van der Waals surface area contributed by atoms with Crippen LogP contribution in [0.15, 0.2) is 34.4 Å². The number of carbonyl (C=O) groups excluding carboxylic acids is 1. The lowest BCUT2D eigenvalue weighted by Crippen LogP contribution is -2.24. The highest BCUT2D eigenvalue weighted by Crippen LogP contribution is 2.30. The highest BCUT2D eigenvalue weighted by Gasteiger charge is 2.27. The van der Waals surface area contributed by atoms with Crippen molar-refractivity contribution in [2.24, 2.45) is 4.99 Å². The number of aliphatic imine (C=N–C) groups is 1. The fourth-order valence-corrected chi connectivity index (χ4v) is 3.03. The number of rotatable bonds is 3. The van der Waals surface area contributed by atoms with Gasteiger partial charge in [0.25, 0.3) is 0 Å². The van der Waals surface area contributed by atoms with E-state index in [1.165, 1.54) is 0 Å². The summed E-state index contributed by atoms with van der Waals surface area (Å²) in [5, 5.41) is 5.86. The lowest BCUT2D eigenvalue weighted by Gasteiger charge is -2.16. The van der Waals surface area contributed by atoms with Gasteiger partial charge in [0, 0.05) is 18.4 Å². The molecule has 1 amide bonds. The quantitative estimate of drug-likeness (QED) is 0.915. The Kier molecular flexibility index (Phi) is 3.25. The first kappa shape index (κ1) is 12.2. The number of amidine groups is 1. The molecule has 0 aromatic carbocycles. The second-order valence-electron chi connectivity index (χ2n) is 4.44. The molecule has 3 heterocycles. The highest BCUT2D eigenvalue weighted by molar-refractivity contribution is 8.16. The summed E-state index contributed by atoms with van der Waals surface area (Å²) in [5.74, 6) is 0.593. The molecule has 1 aromatic heterocycles. The van der Waals surface area contributed by atoms with Gasteiger partial charge < -0.3 is 10.2 Å². The van der Waals surface area contributed by atoms with E-state index in [1.807, 2.05) is 24.5 Å². The van der Waals surface area contributed by atoms with Gasteiger partial charge in [0.05, 0.1) is 13.0 Å². The molecule has 0 spiro atoms. The van der Waals surface area contributed by atoms with Crippen LogP contribution in [0, 0.1) is 6.92 Å². The first-order valence-electron chi connectivity index (χ1n) is 6.13. The predicted molar refractivity (Wildman–Crippen MR) is 76.9 cm³/mol. The van der Waals surface area contributed by atoms with E-state index in [2.05, 4.69) is 20.2 Å². The maximum atomic E-state index is 12.0. The Labute approximate surface area is 115 Å². The van der Waals surface area contributed by atoms with E-state index in [0.29, 0.717) is 12.2 Å². The van der Waals surface area contributed by atoms with Gasteiger partial charge in [-0.3, -0.25) is 9.79 Å². The van der Waals surface area contributed by atoms with Crippen LogP contribution < -0.4 is 5.32 Å². The molecule has 0 aliphatic carbocycles. The van der Waals surface area contributed by atoms with Crippen molar-refractivity contribution in [2.75, 3.05) is 18.4 Å². The Morgan fingerprint density at radius 1 is 1.58 bits per heavy atom. The van der Waals surface area contributed by atoms with Gasteiger partial charge in [0.2, 0.25) is 5.91 Å². The lowest BCUT2D eigenvalue weighted by atomic mass is 10.2. The van der Waals surface area contributed by atoms with Gasteiger partial charge in [-0.25, -0.2) is 4.98 Å². The molecule has 0 bridgehead atoms. The number of hydrogen-bond donors (Lipinski definition) is 1. The molecular weight excluding hydrogens is 260 g/mol. The number of pyridine rings is 1. The molecule has 0 atom stereocenters.